The Balaban J connectivity index is 1.57. The maximum atomic E-state index is 6.71. The van der Waals surface area contributed by atoms with Crippen molar-refractivity contribution >= 4 is 49.4 Å². The van der Waals surface area contributed by atoms with E-state index in [4.69, 9.17) is 4.42 Å². The largest absolute Gasteiger partial charge is 0.455 e. The van der Waals surface area contributed by atoms with E-state index in [9.17, 15) is 0 Å². The first-order valence-electron chi connectivity index (χ1n) is 13.4. The number of fused-ring (bicyclic) bond motifs is 7. The van der Waals surface area contributed by atoms with Gasteiger partial charge in [0, 0.05) is 41.1 Å². The van der Waals surface area contributed by atoms with Crippen LogP contribution in [-0.4, -0.2) is 23.1 Å². The van der Waals surface area contributed by atoms with Crippen LogP contribution in [0.25, 0.3) is 66.3 Å². The maximum absolute atomic E-state index is 6.71. The Morgan fingerprint density at radius 3 is 2.26 bits per heavy atom. The molecule has 0 saturated carbocycles. The zero-order valence-electron chi connectivity index (χ0n) is 21.6. The molecule has 1 aliphatic rings. The molecular formula is C36H26N2O. The normalized spacial score (nSPS) is 13.7. The molecule has 0 N–H and O–H groups in total. The summed E-state index contributed by atoms with van der Waals surface area (Å²) >= 11 is 0. The van der Waals surface area contributed by atoms with Crippen LogP contribution in [0.1, 0.15) is 5.56 Å². The third-order valence-electron chi connectivity index (χ3n) is 7.95. The topological polar surface area (TPSA) is 21.3 Å². The van der Waals surface area contributed by atoms with Gasteiger partial charge in [0.25, 0.3) is 0 Å². The minimum absolute atomic E-state index is 0.908. The first-order chi connectivity index (χ1) is 19.3. The predicted octanol–water partition coefficient (Wildman–Crippen LogP) is 9.19. The number of para-hydroxylation sites is 2. The van der Waals surface area contributed by atoms with Crippen LogP contribution in [0.5, 0.6) is 0 Å². The lowest BCUT2D eigenvalue weighted by Gasteiger charge is -2.24. The van der Waals surface area contributed by atoms with Gasteiger partial charge in [-0.3, -0.25) is 0 Å². The molecule has 3 heterocycles. The Hall–Kier alpha value is -5.02. The summed E-state index contributed by atoms with van der Waals surface area (Å²) in [4.78, 5) is 2.29. The summed E-state index contributed by atoms with van der Waals surface area (Å²) in [5.41, 5.74) is 10.1. The minimum Gasteiger partial charge on any atom is -0.455 e. The van der Waals surface area contributed by atoms with Crippen molar-refractivity contribution in [1.29, 1.82) is 0 Å². The number of rotatable bonds is 3. The van der Waals surface area contributed by atoms with Crippen molar-refractivity contribution in [1.82, 2.24) is 9.47 Å². The van der Waals surface area contributed by atoms with E-state index in [2.05, 4.69) is 138 Å². The van der Waals surface area contributed by atoms with E-state index in [1.165, 1.54) is 38.7 Å². The van der Waals surface area contributed by atoms with Gasteiger partial charge in [-0.05, 0) is 53.1 Å². The van der Waals surface area contributed by atoms with Crippen LogP contribution in [-0.2, 0) is 0 Å². The van der Waals surface area contributed by atoms with Gasteiger partial charge in [0.05, 0.1) is 16.4 Å². The molecule has 0 fully saturated rings. The van der Waals surface area contributed by atoms with E-state index in [-0.39, 0.29) is 0 Å². The van der Waals surface area contributed by atoms with Gasteiger partial charge in [0.1, 0.15) is 11.2 Å². The second kappa shape index (κ2) is 8.50. The molecule has 7 aromatic rings. The zero-order chi connectivity index (χ0) is 25.9. The van der Waals surface area contributed by atoms with Crippen molar-refractivity contribution in [2.75, 3.05) is 13.6 Å². The van der Waals surface area contributed by atoms with Crippen LogP contribution < -0.4 is 0 Å². The molecule has 0 spiro atoms. The molecule has 0 atom stereocenters. The smallest absolute Gasteiger partial charge is 0.146 e. The van der Waals surface area contributed by atoms with E-state index in [1.807, 2.05) is 6.07 Å². The van der Waals surface area contributed by atoms with Crippen molar-refractivity contribution in [3.8, 4) is 16.8 Å². The minimum atomic E-state index is 0.908. The highest BCUT2D eigenvalue weighted by Crippen LogP contribution is 2.45. The molecule has 1 aliphatic heterocycles. The number of furan rings is 1. The van der Waals surface area contributed by atoms with Gasteiger partial charge in [-0.25, -0.2) is 0 Å². The van der Waals surface area contributed by atoms with Crippen LogP contribution in [0.3, 0.4) is 0 Å². The molecular weight excluding hydrogens is 476 g/mol. The Kier molecular flexibility index (Phi) is 4.80. The van der Waals surface area contributed by atoms with Crippen LogP contribution >= 0.6 is 0 Å². The van der Waals surface area contributed by atoms with Crippen LogP contribution in [0.15, 0.2) is 132 Å². The van der Waals surface area contributed by atoms with Crippen LogP contribution in [0, 0.1) is 0 Å². The lowest BCUT2D eigenvalue weighted by atomic mass is 9.96. The van der Waals surface area contributed by atoms with Crippen molar-refractivity contribution in [2.24, 2.45) is 0 Å². The number of nitrogens with zero attached hydrogens (tertiary/aromatic N) is 2. The quantitative estimate of drug-likeness (QED) is 0.240. The van der Waals surface area contributed by atoms with Gasteiger partial charge in [0.2, 0.25) is 0 Å². The van der Waals surface area contributed by atoms with Gasteiger partial charge < -0.3 is 13.9 Å². The molecule has 0 bridgehead atoms. The number of likely N-dealkylation sites (N-methyl/N-ethyl adjacent to an activating group) is 1. The molecule has 0 radical (unpaired) electrons. The SMILES string of the molecule is CN1CC=CC=C1c1ccc2c3c4oc5ccccc5c4c(-c4ccccc4)cc3n(-c3ccccc3)c2c1. The number of hydrogen-bond acceptors (Lipinski definition) is 2. The van der Waals surface area contributed by atoms with E-state index in [0.29, 0.717) is 0 Å². The summed E-state index contributed by atoms with van der Waals surface area (Å²) in [7, 11) is 2.15. The van der Waals surface area contributed by atoms with Gasteiger partial charge in [-0.1, -0.05) is 91.0 Å². The maximum Gasteiger partial charge on any atom is 0.146 e. The highest BCUT2D eigenvalue weighted by Gasteiger charge is 2.23. The molecule has 8 rings (SSSR count). The summed E-state index contributed by atoms with van der Waals surface area (Å²) in [6.45, 7) is 0.908. The first kappa shape index (κ1) is 22.0. The Morgan fingerprint density at radius 1 is 0.667 bits per heavy atom. The average Bonchev–Trinajstić information content (AvgIpc) is 3.53. The summed E-state index contributed by atoms with van der Waals surface area (Å²) in [6.07, 6.45) is 6.54. The molecule has 0 saturated heterocycles. The highest BCUT2D eigenvalue weighted by atomic mass is 16.3. The van der Waals surface area contributed by atoms with E-state index < -0.39 is 0 Å². The highest BCUT2D eigenvalue weighted by molar-refractivity contribution is 6.27. The van der Waals surface area contributed by atoms with Gasteiger partial charge >= 0.3 is 0 Å². The Morgan fingerprint density at radius 2 is 1.44 bits per heavy atom. The fraction of sp³-hybridized carbons (Fsp3) is 0.0556. The monoisotopic (exact) mass is 502 g/mol. The Labute approximate surface area is 226 Å². The standard InChI is InChI=1S/C36H26N2O/c1-37-21-11-10-17-30(37)25-19-20-27-31(22-25)38(26-14-6-3-7-15-26)32-23-29(24-12-4-2-5-13-24)34-28-16-8-9-18-33(28)39-36(34)35(27)32/h2-20,22-23H,21H2,1H3. The first-order valence-corrected chi connectivity index (χ1v) is 13.4. The number of allylic oxidation sites excluding steroid dienone is 2. The third kappa shape index (κ3) is 3.30. The number of hydrogen-bond donors (Lipinski definition) is 0. The molecule has 186 valence electrons. The second-order valence-electron chi connectivity index (χ2n) is 10.3. The van der Waals surface area contributed by atoms with E-state index in [0.717, 1.165) is 39.7 Å². The summed E-state index contributed by atoms with van der Waals surface area (Å²) in [6, 6.07) is 38.9. The molecule has 2 aromatic heterocycles. The molecule has 0 amide bonds. The van der Waals surface area contributed by atoms with Gasteiger partial charge in [-0.2, -0.15) is 0 Å². The van der Waals surface area contributed by atoms with Crippen molar-refractivity contribution in [3.05, 3.63) is 133 Å². The molecule has 3 nitrogen and oxygen atoms in total. The number of aromatic nitrogens is 1. The summed E-state index contributed by atoms with van der Waals surface area (Å²) < 4.78 is 9.10. The van der Waals surface area contributed by atoms with Gasteiger partial charge in [-0.15, -0.1) is 0 Å². The van der Waals surface area contributed by atoms with Crippen LogP contribution in [0.4, 0.5) is 0 Å². The second-order valence-corrected chi connectivity index (χ2v) is 10.3. The van der Waals surface area contributed by atoms with E-state index in [1.54, 1.807) is 0 Å². The molecule has 39 heavy (non-hydrogen) atoms. The molecule has 0 unspecified atom stereocenters. The summed E-state index contributed by atoms with van der Waals surface area (Å²) in [5.74, 6) is 0. The van der Waals surface area contributed by atoms with Crippen molar-refractivity contribution in [2.45, 2.75) is 0 Å². The lowest BCUT2D eigenvalue weighted by Crippen LogP contribution is -2.18. The fourth-order valence-electron chi connectivity index (χ4n) is 6.16. The predicted molar refractivity (Wildman–Crippen MR) is 163 cm³/mol. The zero-order valence-corrected chi connectivity index (χ0v) is 21.6. The van der Waals surface area contributed by atoms with E-state index >= 15 is 0 Å². The van der Waals surface area contributed by atoms with Crippen molar-refractivity contribution in [3.63, 3.8) is 0 Å². The molecule has 5 aromatic carbocycles. The number of benzene rings is 5. The third-order valence-corrected chi connectivity index (χ3v) is 7.95. The summed E-state index contributed by atoms with van der Waals surface area (Å²) in [5, 5.41) is 4.65. The van der Waals surface area contributed by atoms with Crippen molar-refractivity contribution < 1.29 is 4.42 Å². The Bertz CT molecular complexity index is 2090. The average molecular weight is 503 g/mol. The molecule has 3 heteroatoms. The molecule has 0 aliphatic carbocycles. The fourth-order valence-corrected chi connectivity index (χ4v) is 6.16. The van der Waals surface area contributed by atoms with Crippen LogP contribution in [0.2, 0.25) is 0 Å². The lowest BCUT2D eigenvalue weighted by molar-refractivity contribution is 0.531. The van der Waals surface area contributed by atoms with Gasteiger partial charge in [0.15, 0.2) is 0 Å².